The van der Waals surface area contributed by atoms with E-state index in [1.54, 1.807) is 22.7 Å². The first-order valence-corrected chi connectivity index (χ1v) is 17.6. The van der Waals surface area contributed by atoms with E-state index in [1.165, 1.54) is 9.40 Å². The second kappa shape index (κ2) is 17.6. The van der Waals surface area contributed by atoms with Gasteiger partial charge in [0.15, 0.2) is 0 Å². The topological polar surface area (TPSA) is 97.2 Å². The fourth-order valence-corrected chi connectivity index (χ4v) is 6.82. The summed E-state index contributed by atoms with van der Waals surface area (Å²) in [5.74, 6) is -0.791. The Morgan fingerprint density at radius 3 is 1.31 bits per heavy atom. The van der Waals surface area contributed by atoms with Crippen LogP contribution in [0.15, 0.2) is 138 Å². The Labute approximate surface area is 312 Å². The molecule has 0 unspecified atom stereocenters. The number of hydrogen-bond donors (Lipinski definition) is 0. The zero-order valence-corrected chi connectivity index (χ0v) is 29.4. The van der Waals surface area contributed by atoms with Gasteiger partial charge >= 0.3 is 12.4 Å². The van der Waals surface area contributed by atoms with Crippen LogP contribution in [0.2, 0.25) is 0 Å². The van der Waals surface area contributed by atoms with Gasteiger partial charge in [0.05, 0.1) is 16.9 Å². The van der Waals surface area contributed by atoms with E-state index in [0.29, 0.717) is 13.1 Å². The lowest BCUT2D eigenvalue weighted by atomic mass is 10.1. The van der Waals surface area contributed by atoms with Crippen molar-refractivity contribution in [1.29, 1.82) is 0 Å². The maximum atomic E-state index is 12.3. The molecule has 2 aromatic heterocycles. The molecule has 0 fully saturated rings. The summed E-state index contributed by atoms with van der Waals surface area (Å²) in [4.78, 5) is 24.3. The number of hydrogen-bond acceptors (Lipinski definition) is 7. The number of carbonyl (C=O) groups is 2. The second-order valence-electron chi connectivity index (χ2n) is 11.4. The van der Waals surface area contributed by atoms with Crippen molar-refractivity contribution >= 4 is 62.0 Å². The summed E-state index contributed by atoms with van der Waals surface area (Å²) in [7, 11) is -3.02. The maximum Gasteiger partial charge on any atom is 0.416 e. The zero-order valence-electron chi connectivity index (χ0n) is 27.8. The van der Waals surface area contributed by atoms with Crippen LogP contribution in [-0.2, 0) is 25.4 Å². The van der Waals surface area contributed by atoms with E-state index in [-0.39, 0.29) is 29.8 Å². The molecule has 54 heavy (non-hydrogen) atoms. The van der Waals surface area contributed by atoms with E-state index in [1.807, 2.05) is 117 Å². The van der Waals surface area contributed by atoms with E-state index in [2.05, 4.69) is 16.8 Å². The molecule has 16 heteroatoms. The molecule has 7 rings (SSSR count). The Balaban J connectivity index is 0.000000156. The monoisotopic (exact) mass is 780 g/mol. The summed E-state index contributed by atoms with van der Waals surface area (Å²) in [6, 6.07) is 35.3. The van der Waals surface area contributed by atoms with Crippen LogP contribution in [0.25, 0.3) is 20.4 Å². The minimum atomic E-state index is -5.05. The third-order valence-electron chi connectivity index (χ3n) is 7.58. The molecule has 0 bridgehead atoms. The van der Waals surface area contributed by atoms with Crippen molar-refractivity contribution in [3.05, 3.63) is 161 Å². The molecule has 276 valence electrons. The molecule has 0 spiro atoms. The van der Waals surface area contributed by atoms with Gasteiger partial charge in [-0.3, -0.25) is 9.59 Å². The molecule has 0 N–H and O–H groups in total. The largest absolute Gasteiger partial charge is 0.860 e. The van der Waals surface area contributed by atoms with Gasteiger partial charge in [0.2, 0.25) is 46.7 Å². The maximum absolute atomic E-state index is 12.3. The summed E-state index contributed by atoms with van der Waals surface area (Å²) in [6.07, 6.45) is -10.1. The molecule has 0 amide bonds. The van der Waals surface area contributed by atoms with Gasteiger partial charge in [-0.15, -0.1) is 0 Å². The molecular formula is C38H27BF6N2O5S2. The van der Waals surface area contributed by atoms with Crippen LogP contribution in [0.3, 0.4) is 0 Å². The van der Waals surface area contributed by atoms with Gasteiger partial charge in [-0.05, 0) is 30.3 Å². The molecule has 5 aromatic carbocycles. The second-order valence-corrected chi connectivity index (χ2v) is 13.1. The lowest BCUT2D eigenvalue weighted by Crippen LogP contribution is -2.50. The van der Waals surface area contributed by atoms with E-state index in [0.717, 1.165) is 22.2 Å². The summed E-state index contributed by atoms with van der Waals surface area (Å²) < 4.78 is 84.0. The first-order valence-electron chi connectivity index (χ1n) is 15.8. The van der Waals surface area contributed by atoms with E-state index in [9.17, 15) is 46.0 Å². The van der Waals surface area contributed by atoms with Crippen LogP contribution in [0.4, 0.5) is 26.3 Å². The Morgan fingerprint density at radius 1 is 0.574 bits per heavy atom. The molecule has 0 atom stereocenters. The number of Topliss-reactive ketones (excluding diaryl/α,β-unsaturated/α-hetero) is 2. The molecular weight excluding hydrogens is 753 g/mol. The van der Waals surface area contributed by atoms with Crippen molar-refractivity contribution in [1.82, 2.24) is 0 Å². The van der Waals surface area contributed by atoms with Gasteiger partial charge in [-0.25, -0.2) is 0 Å². The Bertz CT molecular complexity index is 2180. The first kappa shape index (κ1) is 39.8. The third kappa shape index (κ3) is 10.8. The number of benzene rings is 5. The standard InChI is InChI=1S/2C15H12NOS.C8H3BF6O3/c2*17-14(12-6-2-1-3-7-12)10-16-11-18-15-9-5-4-8-13(15)16;10-7(11,12)4-1-5(8(13,14)15)3-6(2-4)18-9(16)17/h2*1-9,11H,10H2;1-3H/q2*+1;-2. The number of alkyl halides is 6. The minimum absolute atomic E-state index is 0.141. The smallest absolute Gasteiger partial charge is 0.416 e. The number of nitrogens with zero attached hydrogens (tertiary/aromatic N) is 2. The van der Waals surface area contributed by atoms with Crippen molar-refractivity contribution in [2.75, 3.05) is 0 Å². The molecule has 0 aliphatic heterocycles. The molecule has 7 nitrogen and oxygen atoms in total. The highest BCUT2D eigenvalue weighted by Crippen LogP contribution is 2.38. The number of thiazole rings is 2. The number of aromatic nitrogens is 2. The first-order chi connectivity index (χ1) is 25.7. The highest BCUT2D eigenvalue weighted by atomic mass is 32.1. The minimum Gasteiger partial charge on any atom is -0.860 e. The van der Waals surface area contributed by atoms with Crippen LogP contribution >= 0.6 is 22.7 Å². The van der Waals surface area contributed by atoms with Crippen LogP contribution in [0, 0.1) is 0 Å². The molecule has 2 heterocycles. The molecule has 0 radical (unpaired) electrons. The van der Waals surface area contributed by atoms with Crippen LogP contribution < -0.4 is 23.8 Å². The Kier molecular flexibility index (Phi) is 13.0. The third-order valence-corrected chi connectivity index (χ3v) is 9.49. The fraction of sp³-hybridized carbons (Fsp3) is 0.105. The van der Waals surface area contributed by atoms with Gasteiger partial charge in [0.1, 0.15) is 16.7 Å². The van der Waals surface area contributed by atoms with Crippen molar-refractivity contribution in [3.8, 4) is 5.75 Å². The molecule has 0 aliphatic rings. The molecule has 0 saturated heterocycles. The zero-order chi connectivity index (χ0) is 38.9. The SMILES string of the molecule is O=C(C[n+]1csc2ccccc21)c1ccccc1.O=C(C[n+]1csc2ccccc21)c1ccccc1.[O-]B([O-])Oc1cc(C(F)(F)F)cc(C(F)(F)F)c1. The van der Waals surface area contributed by atoms with Crippen LogP contribution in [0.1, 0.15) is 31.8 Å². The predicted octanol–water partition coefficient (Wildman–Crippen LogP) is 6.95. The number of rotatable bonds is 8. The lowest BCUT2D eigenvalue weighted by Gasteiger charge is -2.27. The molecule has 7 aromatic rings. The summed E-state index contributed by atoms with van der Waals surface area (Å²) in [5, 5.41) is 20.2. The van der Waals surface area contributed by atoms with E-state index >= 15 is 0 Å². The molecule has 0 aliphatic carbocycles. The Morgan fingerprint density at radius 2 is 0.944 bits per heavy atom. The van der Waals surface area contributed by atoms with Gasteiger partial charge in [0, 0.05) is 23.3 Å². The average molecular weight is 781 g/mol. The predicted molar refractivity (Wildman–Crippen MR) is 188 cm³/mol. The van der Waals surface area contributed by atoms with Gasteiger partial charge in [0.25, 0.3) is 0 Å². The summed E-state index contributed by atoms with van der Waals surface area (Å²) in [5.41, 5.74) is 4.46. The quantitative estimate of drug-likeness (QED) is 0.0720. The van der Waals surface area contributed by atoms with Crippen molar-refractivity contribution in [3.63, 3.8) is 0 Å². The van der Waals surface area contributed by atoms with Crippen molar-refractivity contribution in [2.24, 2.45) is 0 Å². The number of ketones is 2. The van der Waals surface area contributed by atoms with Crippen molar-refractivity contribution < 1.29 is 59.8 Å². The summed E-state index contributed by atoms with van der Waals surface area (Å²) in [6.45, 7) is 0.794. The number of carbonyl (C=O) groups excluding carboxylic acids is 2. The normalized spacial score (nSPS) is 11.3. The lowest BCUT2D eigenvalue weighted by molar-refractivity contribution is -0.652. The highest BCUT2D eigenvalue weighted by molar-refractivity contribution is 7.16. The van der Waals surface area contributed by atoms with Crippen molar-refractivity contribution in [2.45, 2.75) is 25.4 Å². The number of para-hydroxylation sites is 2. The average Bonchev–Trinajstić information content (AvgIpc) is 3.75. The van der Waals surface area contributed by atoms with Gasteiger partial charge < -0.3 is 14.7 Å². The van der Waals surface area contributed by atoms with Crippen LogP contribution in [-0.4, -0.2) is 18.9 Å². The number of halogens is 6. The summed E-state index contributed by atoms with van der Waals surface area (Å²) >= 11 is 3.32. The highest BCUT2D eigenvalue weighted by Gasteiger charge is 2.37. The number of fused-ring (bicyclic) bond motifs is 2. The Hall–Kier alpha value is -5.42. The van der Waals surface area contributed by atoms with Gasteiger partial charge in [-0.2, -0.15) is 35.5 Å². The van der Waals surface area contributed by atoms with Crippen LogP contribution in [0.5, 0.6) is 5.75 Å². The fourth-order valence-electron chi connectivity index (χ4n) is 5.03. The van der Waals surface area contributed by atoms with E-state index < -0.39 is 36.6 Å². The van der Waals surface area contributed by atoms with Gasteiger partial charge in [-0.1, -0.05) is 108 Å². The van der Waals surface area contributed by atoms with E-state index in [4.69, 9.17) is 0 Å². The molecule has 0 saturated carbocycles.